The molecular formula is C20H13Cl2F4N5O. The van der Waals surface area contributed by atoms with Crippen molar-refractivity contribution in [2.24, 2.45) is 7.05 Å². The van der Waals surface area contributed by atoms with Gasteiger partial charge < -0.3 is 4.74 Å². The number of rotatable bonds is 4. The Hall–Kier alpha value is -2.98. The number of halogens is 6. The number of nitrogens with zero attached hydrogens (tertiary/aromatic N) is 5. The molecule has 0 radical (unpaired) electrons. The topological polar surface area (TPSA) is 65.7 Å². The van der Waals surface area contributed by atoms with E-state index < -0.39 is 29.8 Å². The fraction of sp³-hybridized carbons (Fsp3) is 0.200. The second-order valence-electron chi connectivity index (χ2n) is 6.86. The molecule has 0 unspecified atom stereocenters. The van der Waals surface area contributed by atoms with Gasteiger partial charge in [-0.3, -0.25) is 4.68 Å². The normalized spacial score (nSPS) is 12.9. The smallest absolute Gasteiger partial charge is 0.451 e. The van der Waals surface area contributed by atoms with Gasteiger partial charge >= 0.3 is 6.18 Å². The molecule has 1 aromatic carbocycles. The van der Waals surface area contributed by atoms with E-state index in [4.69, 9.17) is 27.9 Å². The Balaban J connectivity index is 1.86. The predicted molar refractivity (Wildman–Crippen MR) is 110 cm³/mol. The minimum atomic E-state index is -4.84. The van der Waals surface area contributed by atoms with Gasteiger partial charge in [-0.15, -0.1) is 0 Å². The second kappa shape index (κ2) is 8.18. The monoisotopic (exact) mass is 485 g/mol. The highest BCUT2D eigenvalue weighted by atomic mass is 35.5. The van der Waals surface area contributed by atoms with E-state index in [9.17, 15) is 17.6 Å². The van der Waals surface area contributed by atoms with Crippen LogP contribution < -0.4 is 4.74 Å². The first-order valence-electron chi connectivity index (χ1n) is 9.08. The standard InChI is InChI=1S/C20H13Cl2F4N5O/c1-9(15-13(21)3-4-14(23)16(15)22)32-18-12-5-10(11-7-28-31(2)8-11)6-27-17(12)29-19(30-18)20(24,25)26/h3-9H,1-2H3/t9-/m1/s1. The lowest BCUT2D eigenvalue weighted by atomic mass is 10.1. The van der Waals surface area contributed by atoms with Gasteiger partial charge in [0.1, 0.15) is 11.9 Å². The lowest BCUT2D eigenvalue weighted by Crippen LogP contribution is -2.14. The molecule has 0 aliphatic carbocycles. The van der Waals surface area contributed by atoms with Crippen LogP contribution in [0.25, 0.3) is 22.2 Å². The summed E-state index contributed by atoms with van der Waals surface area (Å²) < 4.78 is 61.3. The number of hydrogen-bond donors (Lipinski definition) is 0. The van der Waals surface area contributed by atoms with Crippen molar-refractivity contribution in [2.45, 2.75) is 19.2 Å². The van der Waals surface area contributed by atoms with Crippen LogP contribution in [0.2, 0.25) is 10.0 Å². The Bertz CT molecular complexity index is 1330. The maximum absolute atomic E-state index is 13.9. The number of hydrogen-bond acceptors (Lipinski definition) is 5. The fourth-order valence-electron chi connectivity index (χ4n) is 3.07. The molecule has 4 rings (SSSR count). The molecule has 3 aromatic heterocycles. The molecule has 0 saturated carbocycles. The van der Waals surface area contributed by atoms with Crippen molar-refractivity contribution in [3.8, 4) is 17.0 Å². The third-order valence-corrected chi connectivity index (χ3v) is 5.30. The Morgan fingerprint density at radius 3 is 2.50 bits per heavy atom. The molecule has 0 aliphatic heterocycles. The number of ether oxygens (including phenoxy) is 1. The summed E-state index contributed by atoms with van der Waals surface area (Å²) >= 11 is 12.1. The van der Waals surface area contributed by atoms with Crippen LogP contribution in [0.4, 0.5) is 17.6 Å². The Morgan fingerprint density at radius 2 is 1.84 bits per heavy atom. The summed E-state index contributed by atoms with van der Waals surface area (Å²) in [4.78, 5) is 11.1. The maximum atomic E-state index is 13.9. The molecule has 12 heteroatoms. The summed E-state index contributed by atoms with van der Waals surface area (Å²) in [5.74, 6) is -2.57. The second-order valence-corrected chi connectivity index (χ2v) is 7.65. The molecule has 32 heavy (non-hydrogen) atoms. The van der Waals surface area contributed by atoms with E-state index in [1.165, 1.54) is 25.3 Å². The molecule has 0 bridgehead atoms. The summed E-state index contributed by atoms with van der Waals surface area (Å²) in [6.45, 7) is 1.46. The molecule has 4 aromatic rings. The van der Waals surface area contributed by atoms with E-state index in [1.54, 1.807) is 24.1 Å². The van der Waals surface area contributed by atoms with Crippen LogP contribution in [-0.4, -0.2) is 24.7 Å². The summed E-state index contributed by atoms with van der Waals surface area (Å²) in [5, 5.41) is 3.98. The number of aromatic nitrogens is 5. The lowest BCUT2D eigenvalue weighted by Gasteiger charge is -2.19. The average molecular weight is 486 g/mol. The van der Waals surface area contributed by atoms with Crippen molar-refractivity contribution >= 4 is 34.2 Å². The van der Waals surface area contributed by atoms with Crippen LogP contribution in [-0.2, 0) is 13.2 Å². The van der Waals surface area contributed by atoms with Gasteiger partial charge in [-0.1, -0.05) is 23.2 Å². The zero-order valence-corrected chi connectivity index (χ0v) is 18.0. The SMILES string of the molecule is C[C@@H](Oc1nc(C(F)(F)F)nc2ncc(-c3cnn(C)c3)cc12)c1c(Cl)ccc(F)c1Cl. The minimum Gasteiger partial charge on any atom is -0.469 e. The molecule has 3 heterocycles. The molecule has 166 valence electrons. The summed E-state index contributed by atoms with van der Waals surface area (Å²) in [6, 6.07) is 3.89. The van der Waals surface area contributed by atoms with Gasteiger partial charge in [-0.25, -0.2) is 14.4 Å². The first-order chi connectivity index (χ1) is 15.0. The summed E-state index contributed by atoms with van der Waals surface area (Å²) in [5.41, 5.74) is 1.09. The van der Waals surface area contributed by atoms with Crippen molar-refractivity contribution in [1.29, 1.82) is 0 Å². The van der Waals surface area contributed by atoms with Crippen LogP contribution in [0.5, 0.6) is 5.88 Å². The van der Waals surface area contributed by atoms with Gasteiger partial charge in [0.25, 0.3) is 0 Å². The number of pyridine rings is 1. The molecular weight excluding hydrogens is 473 g/mol. The van der Waals surface area contributed by atoms with Gasteiger partial charge in [-0.2, -0.15) is 23.3 Å². The van der Waals surface area contributed by atoms with Crippen molar-refractivity contribution in [3.63, 3.8) is 0 Å². The first kappa shape index (κ1) is 22.2. The fourth-order valence-corrected chi connectivity index (χ4v) is 3.75. The molecule has 0 amide bonds. The molecule has 0 fully saturated rings. The van der Waals surface area contributed by atoms with Gasteiger partial charge in [0, 0.05) is 41.2 Å². The predicted octanol–water partition coefficient (Wildman–Crippen LogP) is 6.03. The van der Waals surface area contributed by atoms with Crippen molar-refractivity contribution in [3.05, 3.63) is 64.0 Å². The van der Waals surface area contributed by atoms with Crippen molar-refractivity contribution in [1.82, 2.24) is 24.7 Å². The Kier molecular flexibility index (Phi) is 5.68. The molecule has 1 atom stereocenters. The summed E-state index contributed by atoms with van der Waals surface area (Å²) in [7, 11) is 1.72. The molecule has 0 N–H and O–H groups in total. The highest BCUT2D eigenvalue weighted by Gasteiger charge is 2.36. The third kappa shape index (κ3) is 4.20. The third-order valence-electron chi connectivity index (χ3n) is 4.58. The first-order valence-corrected chi connectivity index (χ1v) is 9.84. The van der Waals surface area contributed by atoms with Crippen molar-refractivity contribution < 1.29 is 22.3 Å². The van der Waals surface area contributed by atoms with Crippen LogP contribution in [0.3, 0.4) is 0 Å². The molecule has 0 aliphatic rings. The highest BCUT2D eigenvalue weighted by Crippen LogP contribution is 2.38. The quantitative estimate of drug-likeness (QED) is 0.260. The number of benzene rings is 1. The van der Waals surface area contributed by atoms with Crippen LogP contribution in [0.15, 0.2) is 36.8 Å². The van der Waals surface area contributed by atoms with Crippen LogP contribution in [0.1, 0.15) is 24.4 Å². The minimum absolute atomic E-state index is 0.0741. The van der Waals surface area contributed by atoms with Crippen molar-refractivity contribution in [2.75, 3.05) is 0 Å². The zero-order valence-electron chi connectivity index (χ0n) is 16.5. The number of alkyl halides is 3. The number of fused-ring (bicyclic) bond motifs is 1. The van der Waals surface area contributed by atoms with E-state index in [0.717, 1.165) is 6.07 Å². The van der Waals surface area contributed by atoms with Crippen LogP contribution in [0, 0.1) is 5.82 Å². The van der Waals surface area contributed by atoms with E-state index >= 15 is 0 Å². The van der Waals surface area contributed by atoms with Gasteiger partial charge in [0.2, 0.25) is 11.7 Å². The van der Waals surface area contributed by atoms with Gasteiger partial charge in [0.05, 0.1) is 16.6 Å². The van der Waals surface area contributed by atoms with Gasteiger partial charge in [0.15, 0.2) is 5.65 Å². The highest BCUT2D eigenvalue weighted by molar-refractivity contribution is 6.36. The van der Waals surface area contributed by atoms with E-state index in [0.29, 0.717) is 11.1 Å². The van der Waals surface area contributed by atoms with E-state index in [1.807, 2.05) is 0 Å². The van der Waals surface area contributed by atoms with E-state index in [-0.39, 0.29) is 26.6 Å². The zero-order chi connectivity index (χ0) is 23.2. The largest absolute Gasteiger partial charge is 0.469 e. The molecule has 6 nitrogen and oxygen atoms in total. The lowest BCUT2D eigenvalue weighted by molar-refractivity contribution is -0.145. The maximum Gasteiger partial charge on any atom is 0.451 e. The average Bonchev–Trinajstić information content (AvgIpc) is 3.16. The number of aryl methyl sites for hydroxylation is 1. The van der Waals surface area contributed by atoms with E-state index in [2.05, 4.69) is 20.1 Å². The molecule has 0 spiro atoms. The van der Waals surface area contributed by atoms with Crippen LogP contribution >= 0.6 is 23.2 Å². The summed E-state index contributed by atoms with van der Waals surface area (Å²) in [6.07, 6.45) is -1.22. The molecule has 0 saturated heterocycles. The Labute approximate surface area is 188 Å². The van der Waals surface area contributed by atoms with Gasteiger partial charge in [-0.05, 0) is 25.1 Å². The Morgan fingerprint density at radius 1 is 1.09 bits per heavy atom.